The van der Waals surface area contributed by atoms with Crippen molar-refractivity contribution in [3.05, 3.63) is 0 Å². The third kappa shape index (κ3) is 4.02. The maximum Gasteiger partial charge on any atom is 0.408 e. The number of nitrogens with zero attached hydrogens (tertiary/aromatic N) is 2. The number of likely N-dealkylation sites (tertiary alicyclic amines) is 1. The molecule has 7 nitrogen and oxygen atoms in total. The van der Waals surface area contributed by atoms with Crippen LogP contribution in [0.1, 0.15) is 27.2 Å². The second-order valence-electron chi connectivity index (χ2n) is 6.00. The first-order valence-electron chi connectivity index (χ1n) is 6.28. The van der Waals surface area contributed by atoms with Gasteiger partial charge in [0.2, 0.25) is 5.91 Å². The quantitative estimate of drug-likeness (QED) is 0.579. The van der Waals surface area contributed by atoms with Crippen LogP contribution in [-0.4, -0.2) is 63.4 Å². The number of carbonyl (C=O) groups is 2. The first-order chi connectivity index (χ1) is 9.35. The van der Waals surface area contributed by atoms with Crippen LogP contribution in [-0.2, 0) is 4.79 Å². The van der Waals surface area contributed by atoms with Gasteiger partial charge in [0.25, 0.3) is 5.92 Å². The highest BCUT2D eigenvalue weighted by Gasteiger charge is 2.47. The first kappa shape index (κ1) is 17.1. The Morgan fingerprint density at radius 3 is 2.38 bits per heavy atom. The lowest BCUT2D eigenvalue weighted by Gasteiger charge is -2.35. The zero-order chi connectivity index (χ0) is 16.6. The van der Waals surface area contributed by atoms with Crippen LogP contribution in [0, 0.1) is 5.41 Å². The molecule has 0 spiro atoms. The lowest BCUT2D eigenvalue weighted by molar-refractivity contribution is -0.226. The van der Waals surface area contributed by atoms with Crippen LogP contribution in [0.5, 0.6) is 0 Å². The van der Waals surface area contributed by atoms with Crippen molar-refractivity contribution < 1.29 is 28.6 Å². The fourth-order valence-corrected chi connectivity index (χ4v) is 2.13. The van der Waals surface area contributed by atoms with Crippen LogP contribution in [0.4, 0.5) is 13.6 Å². The van der Waals surface area contributed by atoms with E-state index in [9.17, 15) is 23.5 Å². The second kappa shape index (κ2) is 5.45. The van der Waals surface area contributed by atoms with Gasteiger partial charge in [0.05, 0.1) is 12.6 Å². The normalized spacial score (nSPS) is 21.2. The number of carboxylic acid groups (broad SMARTS) is 1. The van der Waals surface area contributed by atoms with Gasteiger partial charge in [0, 0.05) is 12.0 Å². The summed E-state index contributed by atoms with van der Waals surface area (Å²) in [5.74, 6) is -5.43. The number of nitrogens with one attached hydrogen (secondary N) is 1. The molecule has 1 atom stereocenters. The van der Waals surface area contributed by atoms with Crippen LogP contribution in [0.25, 0.3) is 0 Å². The zero-order valence-corrected chi connectivity index (χ0v) is 12.0. The molecule has 0 aromatic rings. The van der Waals surface area contributed by atoms with Crippen molar-refractivity contribution in [2.75, 3.05) is 13.1 Å². The lowest BCUT2D eigenvalue weighted by atomic mass is 10.1. The Labute approximate surface area is 120 Å². The summed E-state index contributed by atoms with van der Waals surface area (Å²) in [5.41, 5.74) is -0.899. The Bertz CT molecular complexity index is 462. The van der Waals surface area contributed by atoms with Gasteiger partial charge in [-0.15, -0.1) is 0 Å². The molecule has 0 bridgehead atoms. The fourth-order valence-electron chi connectivity index (χ4n) is 2.13. The number of alkyl halides is 2. The van der Waals surface area contributed by atoms with Gasteiger partial charge in [-0.3, -0.25) is 9.69 Å². The van der Waals surface area contributed by atoms with Crippen molar-refractivity contribution in [3.8, 4) is 0 Å². The van der Waals surface area contributed by atoms with Crippen molar-refractivity contribution >= 4 is 17.9 Å². The molecule has 1 heterocycles. The first-order valence-corrected chi connectivity index (χ1v) is 6.28. The summed E-state index contributed by atoms with van der Waals surface area (Å²) in [6.45, 7) is 3.05. The third-order valence-corrected chi connectivity index (χ3v) is 3.23. The molecular formula is C12H18F2N3O4-. The van der Waals surface area contributed by atoms with Crippen LogP contribution in [0.3, 0.4) is 0 Å². The molecular weight excluding hydrogens is 288 g/mol. The average molecular weight is 306 g/mol. The molecule has 2 amide bonds. The standard InChI is InChI=1S/C12H19F2N3O4/c1-11(2,3)17(10(20)21)5-8(18)16-6-12(13,14)4-7(16)9(15)19/h7H,4-6H2,1-3H3,(H2,15,19)(H,20,21)/p-1. The molecule has 0 radical (unpaired) electrons. The molecule has 1 aliphatic rings. The van der Waals surface area contributed by atoms with Gasteiger partial charge in [0.15, 0.2) is 0 Å². The smallest absolute Gasteiger partial charge is 0.408 e. The van der Waals surface area contributed by atoms with Gasteiger partial charge in [-0.2, -0.15) is 0 Å². The minimum Gasteiger partial charge on any atom is -0.861 e. The van der Waals surface area contributed by atoms with E-state index in [0.29, 0.717) is 4.90 Å². The van der Waals surface area contributed by atoms with Crippen molar-refractivity contribution in [1.82, 2.24) is 9.80 Å². The van der Waals surface area contributed by atoms with E-state index in [0.717, 1.165) is 4.90 Å². The van der Waals surface area contributed by atoms with E-state index in [2.05, 4.69) is 0 Å². The highest BCUT2D eigenvalue weighted by Crippen LogP contribution is 2.32. The van der Waals surface area contributed by atoms with Crippen LogP contribution >= 0.6 is 0 Å². The largest absolute Gasteiger partial charge is 0.861 e. The topological polar surface area (TPSA) is 108 Å². The maximum atomic E-state index is 13.3. The highest BCUT2D eigenvalue weighted by molar-refractivity contribution is 5.87. The minimum absolute atomic E-state index is 0.594. The second-order valence-corrected chi connectivity index (χ2v) is 6.00. The molecule has 120 valence electrons. The zero-order valence-electron chi connectivity index (χ0n) is 12.0. The molecule has 0 aliphatic carbocycles. The van der Waals surface area contributed by atoms with Crippen molar-refractivity contribution in [2.45, 2.75) is 44.7 Å². The van der Waals surface area contributed by atoms with E-state index in [4.69, 9.17) is 10.5 Å². The number of amides is 2. The number of hydrogen-bond acceptors (Lipinski definition) is 4. The molecule has 0 aromatic carbocycles. The van der Waals surface area contributed by atoms with Crippen LogP contribution < -0.4 is 5.11 Å². The molecule has 1 fully saturated rings. The van der Waals surface area contributed by atoms with E-state index < -0.39 is 54.9 Å². The summed E-state index contributed by atoms with van der Waals surface area (Å²) in [6, 6.07) is -1.52. The lowest BCUT2D eigenvalue weighted by Crippen LogP contribution is -2.53. The van der Waals surface area contributed by atoms with E-state index in [-0.39, 0.29) is 0 Å². The summed E-state index contributed by atoms with van der Waals surface area (Å²) in [7, 11) is 0. The summed E-state index contributed by atoms with van der Waals surface area (Å²) in [5, 5.41) is 27.1. The fraction of sp³-hybridized carbons (Fsp3) is 0.750. The molecule has 9 heteroatoms. The molecule has 1 rings (SSSR count). The molecule has 21 heavy (non-hydrogen) atoms. The van der Waals surface area contributed by atoms with Gasteiger partial charge in [0.1, 0.15) is 6.54 Å². The van der Waals surface area contributed by atoms with Gasteiger partial charge in [-0.1, -0.05) is 0 Å². The predicted molar refractivity (Wildman–Crippen MR) is 67.3 cm³/mol. The van der Waals surface area contributed by atoms with Gasteiger partial charge >= 0.3 is 6.09 Å². The van der Waals surface area contributed by atoms with Crippen molar-refractivity contribution in [3.63, 3.8) is 0 Å². The Balaban J connectivity index is 2.91. The van der Waals surface area contributed by atoms with Crippen molar-refractivity contribution in [2.24, 2.45) is 0 Å². The minimum atomic E-state index is -3.24. The summed E-state index contributed by atoms with van der Waals surface area (Å²) >= 11 is 0. The number of halogens is 2. The monoisotopic (exact) mass is 306 g/mol. The van der Waals surface area contributed by atoms with Crippen molar-refractivity contribution in [1.29, 1.82) is 5.41 Å². The number of carbonyl (C=O) groups excluding carboxylic acids is 1. The third-order valence-electron chi connectivity index (χ3n) is 3.23. The Hall–Kier alpha value is -1.93. The molecule has 1 unspecified atom stereocenters. The molecule has 0 aromatic heterocycles. The van der Waals surface area contributed by atoms with E-state index in [1.54, 1.807) is 20.8 Å². The van der Waals surface area contributed by atoms with E-state index in [1.165, 1.54) is 0 Å². The molecule has 1 aliphatic heterocycles. The van der Waals surface area contributed by atoms with Gasteiger partial charge in [-0.25, -0.2) is 13.6 Å². The van der Waals surface area contributed by atoms with Gasteiger partial charge < -0.3 is 20.5 Å². The number of hydrogen-bond donors (Lipinski definition) is 2. The summed E-state index contributed by atoms with van der Waals surface area (Å²) < 4.78 is 26.7. The number of rotatable bonds is 3. The van der Waals surface area contributed by atoms with E-state index >= 15 is 0 Å². The summed E-state index contributed by atoms with van der Waals surface area (Å²) in [6.07, 6.45) is -2.26. The Morgan fingerprint density at radius 1 is 1.48 bits per heavy atom. The maximum absolute atomic E-state index is 13.3. The predicted octanol–water partition coefficient (Wildman–Crippen LogP) is 0.339. The molecule has 1 saturated heterocycles. The molecule has 0 saturated carbocycles. The Kier molecular flexibility index (Phi) is 4.45. The Morgan fingerprint density at radius 2 is 2.00 bits per heavy atom. The van der Waals surface area contributed by atoms with Gasteiger partial charge in [-0.05, 0) is 26.7 Å². The highest BCUT2D eigenvalue weighted by atomic mass is 19.3. The van der Waals surface area contributed by atoms with Crippen LogP contribution in [0.15, 0.2) is 0 Å². The van der Waals surface area contributed by atoms with E-state index in [1.807, 2.05) is 0 Å². The summed E-state index contributed by atoms with van der Waals surface area (Å²) in [4.78, 5) is 24.6. The molecule has 2 N–H and O–H groups in total. The van der Waals surface area contributed by atoms with Crippen LogP contribution in [0.2, 0.25) is 0 Å². The average Bonchev–Trinajstić information content (AvgIpc) is 2.60. The SMILES string of the molecule is CC(C)(C)N(CC(=O)N1CC(F)(F)CC1C(=N)[O-])C(=O)O.